The lowest BCUT2D eigenvalue weighted by Gasteiger charge is -2.38. The number of fused-ring (bicyclic) bond motifs is 1. The Morgan fingerprint density at radius 1 is 1.32 bits per heavy atom. The number of ether oxygens (including phenoxy) is 1. The number of nitrogens with zero attached hydrogens (tertiary/aromatic N) is 2. The molecule has 7 heteroatoms. The quantitative estimate of drug-likeness (QED) is 0.860. The van der Waals surface area contributed by atoms with Crippen LogP contribution in [-0.2, 0) is 10.5 Å². The third-order valence-corrected chi connectivity index (χ3v) is 6.34. The summed E-state index contributed by atoms with van der Waals surface area (Å²) >= 11 is 1.26. The van der Waals surface area contributed by atoms with E-state index in [4.69, 9.17) is 4.74 Å². The third kappa shape index (κ3) is 2.86. The van der Waals surface area contributed by atoms with Crippen molar-refractivity contribution in [3.05, 3.63) is 76.1 Å². The zero-order valence-corrected chi connectivity index (χ0v) is 15.9. The maximum atomic E-state index is 13.3. The first kappa shape index (κ1) is 18.5. The van der Waals surface area contributed by atoms with Gasteiger partial charge in [0.1, 0.15) is 11.6 Å². The number of hydrogen-bond donors (Lipinski definition) is 1. The van der Waals surface area contributed by atoms with Gasteiger partial charge in [0, 0.05) is 17.9 Å². The number of thioether (sulfide) groups is 1. The molecule has 0 saturated carbocycles. The fourth-order valence-electron chi connectivity index (χ4n) is 3.70. The average molecular weight is 396 g/mol. The predicted octanol–water partition coefficient (Wildman–Crippen LogP) is 3.48. The molecule has 5 nitrogen and oxygen atoms in total. The van der Waals surface area contributed by atoms with Gasteiger partial charge < -0.3 is 9.84 Å². The second-order valence-corrected chi connectivity index (χ2v) is 7.67. The Labute approximate surface area is 166 Å². The maximum absolute atomic E-state index is 13.3. The van der Waals surface area contributed by atoms with Crippen LogP contribution in [0.1, 0.15) is 23.5 Å². The van der Waals surface area contributed by atoms with E-state index in [9.17, 15) is 19.6 Å². The van der Waals surface area contributed by atoms with E-state index in [1.165, 1.54) is 40.9 Å². The molecule has 0 aliphatic carbocycles. The number of amides is 1. The number of hydrogen-bond acceptors (Lipinski definition) is 5. The smallest absolute Gasteiger partial charge is 0.231 e. The van der Waals surface area contributed by atoms with E-state index in [1.807, 2.05) is 18.2 Å². The Balaban J connectivity index is 1.79. The van der Waals surface area contributed by atoms with Crippen molar-refractivity contribution < 1.29 is 19.0 Å². The van der Waals surface area contributed by atoms with Gasteiger partial charge in [-0.2, -0.15) is 5.26 Å². The first-order valence-corrected chi connectivity index (χ1v) is 9.69. The van der Waals surface area contributed by atoms with E-state index >= 15 is 0 Å². The fraction of sp³-hybridized carbons (Fsp3) is 0.238. The number of carbonyl (C=O) groups is 1. The monoisotopic (exact) mass is 396 g/mol. The summed E-state index contributed by atoms with van der Waals surface area (Å²) in [4.78, 5) is 14.3. The topological polar surface area (TPSA) is 73.6 Å². The van der Waals surface area contributed by atoms with Crippen LogP contribution in [0.2, 0.25) is 0 Å². The molecule has 1 amide bonds. The molecule has 0 unspecified atom stereocenters. The zero-order chi connectivity index (χ0) is 19.9. The van der Waals surface area contributed by atoms with Crippen LogP contribution < -0.4 is 4.74 Å². The summed E-state index contributed by atoms with van der Waals surface area (Å²) in [5.41, 5.74) is 0.0682. The maximum Gasteiger partial charge on any atom is 0.231 e. The average Bonchev–Trinajstić information content (AvgIpc) is 3.07. The second-order valence-electron chi connectivity index (χ2n) is 6.71. The molecule has 1 fully saturated rings. The molecule has 2 aliphatic heterocycles. The van der Waals surface area contributed by atoms with Crippen LogP contribution >= 0.6 is 11.8 Å². The molecule has 2 heterocycles. The van der Waals surface area contributed by atoms with Crippen molar-refractivity contribution >= 4 is 17.7 Å². The van der Waals surface area contributed by atoms with Gasteiger partial charge in [0.2, 0.25) is 5.91 Å². The number of allylic oxidation sites excluding steroid dienone is 1. The Hall–Kier alpha value is -2.82. The number of methoxy groups -OCH3 is 1. The van der Waals surface area contributed by atoms with Gasteiger partial charge in [-0.1, -0.05) is 24.3 Å². The van der Waals surface area contributed by atoms with Crippen LogP contribution in [0.25, 0.3) is 0 Å². The van der Waals surface area contributed by atoms with Crippen molar-refractivity contribution in [3.63, 3.8) is 0 Å². The molecule has 28 heavy (non-hydrogen) atoms. The van der Waals surface area contributed by atoms with E-state index in [2.05, 4.69) is 6.07 Å². The van der Waals surface area contributed by atoms with Crippen LogP contribution in [0, 0.1) is 17.1 Å². The van der Waals surface area contributed by atoms with E-state index in [0.717, 1.165) is 5.56 Å². The standard InChI is InChI=1S/C21H17FN2O3S/c1-27-16-4-2-3-13(9-16)17-10-19(25)24-20(18(17)11-23)28-12-21(24,26)14-5-7-15(22)8-6-14/h2-9,17,26H,10,12H2,1H3/t17-,21-/m0/s1. The van der Waals surface area contributed by atoms with Crippen LogP contribution in [0.3, 0.4) is 0 Å². The van der Waals surface area contributed by atoms with Crippen molar-refractivity contribution in [2.45, 2.75) is 18.1 Å². The summed E-state index contributed by atoms with van der Waals surface area (Å²) in [6.45, 7) is 0. The largest absolute Gasteiger partial charge is 0.497 e. The van der Waals surface area contributed by atoms with Crippen LogP contribution in [-0.4, -0.2) is 28.8 Å². The highest BCUT2D eigenvalue weighted by atomic mass is 32.2. The number of rotatable bonds is 3. The van der Waals surface area contributed by atoms with E-state index in [1.54, 1.807) is 13.2 Å². The van der Waals surface area contributed by atoms with Crippen molar-refractivity contribution in [1.82, 2.24) is 4.90 Å². The van der Waals surface area contributed by atoms with Crippen molar-refractivity contribution in [2.24, 2.45) is 0 Å². The summed E-state index contributed by atoms with van der Waals surface area (Å²) in [5, 5.41) is 21.6. The van der Waals surface area contributed by atoms with Crippen molar-refractivity contribution in [2.75, 3.05) is 12.9 Å². The van der Waals surface area contributed by atoms with Crippen LogP contribution in [0.15, 0.2) is 59.1 Å². The number of aliphatic hydroxyl groups is 1. The van der Waals surface area contributed by atoms with Gasteiger partial charge in [0.25, 0.3) is 0 Å². The van der Waals surface area contributed by atoms with Crippen molar-refractivity contribution in [3.8, 4) is 11.8 Å². The lowest BCUT2D eigenvalue weighted by atomic mass is 9.85. The lowest BCUT2D eigenvalue weighted by Crippen LogP contribution is -2.48. The summed E-state index contributed by atoms with van der Waals surface area (Å²) in [6, 6.07) is 15.0. The van der Waals surface area contributed by atoms with Crippen LogP contribution in [0.5, 0.6) is 5.75 Å². The first-order valence-electron chi connectivity index (χ1n) is 8.70. The number of halogens is 1. The minimum atomic E-state index is -1.60. The normalized spacial score (nSPS) is 24.1. The number of carbonyl (C=O) groups excluding carboxylic acids is 1. The highest BCUT2D eigenvalue weighted by molar-refractivity contribution is 8.03. The minimum absolute atomic E-state index is 0.0592. The number of nitriles is 1. The predicted molar refractivity (Wildman–Crippen MR) is 103 cm³/mol. The fourth-order valence-corrected chi connectivity index (χ4v) is 5.06. The number of benzene rings is 2. The van der Waals surface area contributed by atoms with Crippen LogP contribution in [0.4, 0.5) is 4.39 Å². The molecule has 2 aromatic rings. The van der Waals surface area contributed by atoms with Gasteiger partial charge in [-0.05, 0) is 29.8 Å². The zero-order valence-electron chi connectivity index (χ0n) is 15.1. The summed E-state index contributed by atoms with van der Waals surface area (Å²) in [7, 11) is 1.56. The van der Waals surface area contributed by atoms with Gasteiger partial charge in [-0.25, -0.2) is 4.39 Å². The summed E-state index contributed by atoms with van der Waals surface area (Å²) in [5.74, 6) is -0.276. The van der Waals surface area contributed by atoms with Crippen molar-refractivity contribution in [1.29, 1.82) is 5.26 Å². The van der Waals surface area contributed by atoms with Gasteiger partial charge >= 0.3 is 0 Å². The van der Waals surface area contributed by atoms with Gasteiger partial charge in [0.15, 0.2) is 5.72 Å². The van der Waals surface area contributed by atoms with Gasteiger partial charge in [-0.3, -0.25) is 9.69 Å². The third-order valence-electron chi connectivity index (χ3n) is 5.11. The molecule has 2 aliphatic rings. The Bertz CT molecular complexity index is 1020. The second kappa shape index (κ2) is 6.97. The summed E-state index contributed by atoms with van der Waals surface area (Å²) < 4.78 is 18.6. The van der Waals surface area contributed by atoms with E-state index < -0.39 is 17.5 Å². The van der Waals surface area contributed by atoms with E-state index in [-0.39, 0.29) is 18.1 Å². The molecule has 2 aromatic carbocycles. The highest BCUT2D eigenvalue weighted by Gasteiger charge is 2.51. The van der Waals surface area contributed by atoms with E-state index in [0.29, 0.717) is 21.9 Å². The molecule has 1 saturated heterocycles. The summed E-state index contributed by atoms with van der Waals surface area (Å²) in [6.07, 6.45) is 0.0592. The molecule has 0 radical (unpaired) electrons. The SMILES string of the molecule is COc1cccc([C@@H]2CC(=O)N3C(=C2C#N)SC[C@]3(O)c2ccc(F)cc2)c1. The molecule has 0 spiro atoms. The molecule has 0 bridgehead atoms. The first-order chi connectivity index (χ1) is 13.5. The molecule has 4 rings (SSSR count). The minimum Gasteiger partial charge on any atom is -0.497 e. The Morgan fingerprint density at radius 2 is 2.07 bits per heavy atom. The Morgan fingerprint density at radius 3 is 2.75 bits per heavy atom. The molecular formula is C21H17FN2O3S. The Kier molecular flexibility index (Phi) is 4.61. The molecule has 0 aromatic heterocycles. The van der Waals surface area contributed by atoms with Gasteiger partial charge in [-0.15, -0.1) is 11.8 Å². The van der Waals surface area contributed by atoms with Gasteiger partial charge in [0.05, 0.1) is 29.5 Å². The molecule has 142 valence electrons. The molecule has 1 N–H and O–H groups in total. The highest BCUT2D eigenvalue weighted by Crippen LogP contribution is 2.51. The molecule has 2 atom stereocenters. The molecular weight excluding hydrogens is 379 g/mol. The lowest BCUT2D eigenvalue weighted by molar-refractivity contribution is -0.149.